The second-order valence-electron chi connectivity index (χ2n) is 5.84. The van der Waals surface area contributed by atoms with Gasteiger partial charge in [0.25, 0.3) is 0 Å². The minimum absolute atomic E-state index is 0.104. The molecule has 3 rings (SSSR count). The first kappa shape index (κ1) is 17.6. The van der Waals surface area contributed by atoms with E-state index in [1.807, 2.05) is 4.90 Å². The van der Waals surface area contributed by atoms with E-state index >= 15 is 0 Å². The molecule has 1 N–H and O–H groups in total. The molecule has 1 aliphatic heterocycles. The fourth-order valence-electron chi connectivity index (χ4n) is 2.61. The Hall–Kier alpha value is -1.18. The molecule has 1 aromatic rings. The number of benzene rings is 1. The van der Waals surface area contributed by atoms with Crippen LogP contribution in [0.15, 0.2) is 18.2 Å². The molecule has 24 heavy (non-hydrogen) atoms. The number of amides is 1. The normalized spacial score (nSPS) is 23.0. The smallest absolute Gasteiger partial charge is 0.378 e. The van der Waals surface area contributed by atoms with E-state index in [0.717, 1.165) is 12.1 Å². The fraction of sp³-hybridized carbons (Fsp3) is 0.533. The molecule has 0 spiro atoms. The summed E-state index contributed by atoms with van der Waals surface area (Å²) in [6.45, 7) is 2.02. The maximum absolute atomic E-state index is 13.0. The lowest BCUT2D eigenvalue weighted by atomic mass is 10.1. The number of halogens is 5. The number of hydrogen-bond donors (Lipinski definition) is 1. The third-order valence-electron chi connectivity index (χ3n) is 4.08. The lowest BCUT2D eigenvalue weighted by Crippen LogP contribution is -2.37. The number of alkyl halides is 5. The lowest BCUT2D eigenvalue weighted by molar-refractivity contribution is -0.137. The minimum atomic E-state index is -4.49. The van der Waals surface area contributed by atoms with E-state index < -0.39 is 27.9 Å². The first-order chi connectivity index (χ1) is 11.2. The van der Waals surface area contributed by atoms with Crippen LogP contribution in [0.5, 0.6) is 0 Å². The summed E-state index contributed by atoms with van der Waals surface area (Å²) in [6.07, 6.45) is -4.21. The Morgan fingerprint density at radius 3 is 2.46 bits per heavy atom. The number of hydrogen-bond acceptors (Lipinski definition) is 3. The number of anilines is 2. The van der Waals surface area contributed by atoms with E-state index in [1.54, 1.807) is 0 Å². The van der Waals surface area contributed by atoms with Crippen LogP contribution in [-0.2, 0) is 15.7 Å². The standard InChI is InChI=1S/C15H15Cl2F3N2O2/c16-14(17)8-10(14)13(23)21-11-7-9(15(18,19)20)1-2-12(11)22-3-5-24-6-4-22/h1-2,7,10H,3-6,8H2,(H,21,23)/t10-/m1/s1. The number of nitrogens with one attached hydrogen (secondary N) is 1. The van der Waals surface area contributed by atoms with Crippen LogP contribution in [0.1, 0.15) is 12.0 Å². The van der Waals surface area contributed by atoms with E-state index in [0.29, 0.717) is 32.0 Å². The molecule has 132 valence electrons. The third-order valence-corrected chi connectivity index (χ3v) is 4.91. The number of rotatable bonds is 3. The van der Waals surface area contributed by atoms with Crippen molar-refractivity contribution >= 4 is 40.5 Å². The fourth-order valence-corrected chi connectivity index (χ4v) is 3.12. The molecule has 0 bridgehead atoms. The third kappa shape index (κ3) is 3.73. The Labute approximate surface area is 146 Å². The van der Waals surface area contributed by atoms with Gasteiger partial charge in [0.05, 0.1) is 36.1 Å². The van der Waals surface area contributed by atoms with Crippen LogP contribution < -0.4 is 10.2 Å². The van der Waals surface area contributed by atoms with Gasteiger partial charge in [0.15, 0.2) is 0 Å². The molecule has 2 fully saturated rings. The molecule has 0 unspecified atom stereocenters. The molecule has 1 heterocycles. The molecule has 0 radical (unpaired) electrons. The zero-order valence-corrected chi connectivity index (χ0v) is 14.0. The predicted molar refractivity (Wildman–Crippen MR) is 85.6 cm³/mol. The number of morpholine rings is 1. The van der Waals surface area contributed by atoms with Gasteiger partial charge in [0, 0.05) is 13.1 Å². The van der Waals surface area contributed by atoms with Gasteiger partial charge in [-0.25, -0.2) is 0 Å². The second-order valence-corrected chi connectivity index (χ2v) is 7.38. The van der Waals surface area contributed by atoms with Crippen LogP contribution in [0.2, 0.25) is 0 Å². The maximum Gasteiger partial charge on any atom is 0.416 e. The monoisotopic (exact) mass is 382 g/mol. The largest absolute Gasteiger partial charge is 0.416 e. The average Bonchev–Trinajstić information content (AvgIpc) is 3.16. The molecule has 9 heteroatoms. The van der Waals surface area contributed by atoms with Gasteiger partial charge in [0.2, 0.25) is 5.91 Å². The predicted octanol–water partition coefficient (Wildman–Crippen LogP) is 3.67. The van der Waals surface area contributed by atoms with Crippen molar-refractivity contribution in [2.75, 3.05) is 36.5 Å². The van der Waals surface area contributed by atoms with Crippen LogP contribution in [0.4, 0.5) is 24.5 Å². The summed E-state index contributed by atoms with van der Waals surface area (Å²) in [5, 5.41) is 2.55. The number of carbonyl (C=O) groups excluding carboxylic acids is 1. The summed E-state index contributed by atoms with van der Waals surface area (Å²) in [5.41, 5.74) is -0.198. The highest BCUT2D eigenvalue weighted by Crippen LogP contribution is 2.53. The molecular formula is C15H15Cl2F3N2O2. The Balaban J connectivity index is 1.88. The molecule has 0 aromatic heterocycles. The van der Waals surface area contributed by atoms with Crippen molar-refractivity contribution in [1.29, 1.82) is 0 Å². The average molecular weight is 383 g/mol. The summed E-state index contributed by atoms with van der Waals surface area (Å²) < 4.78 is 43.1. The van der Waals surface area contributed by atoms with Crippen molar-refractivity contribution in [2.24, 2.45) is 5.92 Å². The Kier molecular flexibility index (Phi) is 4.61. The van der Waals surface area contributed by atoms with Crippen LogP contribution in [0.25, 0.3) is 0 Å². The van der Waals surface area contributed by atoms with Gasteiger partial charge in [-0.2, -0.15) is 13.2 Å². The first-order valence-electron chi connectivity index (χ1n) is 7.41. The zero-order valence-electron chi connectivity index (χ0n) is 12.5. The Bertz CT molecular complexity index is 646. The Morgan fingerprint density at radius 2 is 1.92 bits per heavy atom. The summed E-state index contributed by atoms with van der Waals surface area (Å²) in [4.78, 5) is 14.1. The van der Waals surface area contributed by atoms with Gasteiger partial charge in [-0.1, -0.05) is 0 Å². The molecular weight excluding hydrogens is 368 g/mol. The summed E-state index contributed by atoms with van der Waals surface area (Å²) in [7, 11) is 0. The van der Waals surface area contributed by atoms with Crippen LogP contribution in [0.3, 0.4) is 0 Å². The quantitative estimate of drug-likeness (QED) is 0.810. The van der Waals surface area contributed by atoms with Crippen molar-refractivity contribution in [2.45, 2.75) is 16.9 Å². The highest BCUT2D eigenvalue weighted by atomic mass is 35.5. The van der Waals surface area contributed by atoms with Crippen LogP contribution in [-0.4, -0.2) is 36.5 Å². The van der Waals surface area contributed by atoms with E-state index in [-0.39, 0.29) is 12.1 Å². The van der Waals surface area contributed by atoms with Gasteiger partial charge in [-0.3, -0.25) is 4.79 Å². The van der Waals surface area contributed by atoms with Crippen molar-refractivity contribution in [1.82, 2.24) is 0 Å². The molecule has 1 saturated heterocycles. The van der Waals surface area contributed by atoms with Gasteiger partial charge in [-0.05, 0) is 24.6 Å². The highest BCUT2D eigenvalue weighted by Gasteiger charge is 2.56. The number of nitrogens with zero attached hydrogens (tertiary/aromatic N) is 1. The van der Waals surface area contributed by atoms with Crippen molar-refractivity contribution in [3.63, 3.8) is 0 Å². The Morgan fingerprint density at radius 1 is 1.29 bits per heavy atom. The van der Waals surface area contributed by atoms with Gasteiger partial charge in [0.1, 0.15) is 4.33 Å². The van der Waals surface area contributed by atoms with E-state index in [1.165, 1.54) is 6.07 Å². The van der Waals surface area contributed by atoms with E-state index in [4.69, 9.17) is 27.9 Å². The second kappa shape index (κ2) is 6.28. The molecule has 1 aromatic carbocycles. The summed E-state index contributed by atoms with van der Waals surface area (Å²) in [6, 6.07) is 3.31. The topological polar surface area (TPSA) is 41.6 Å². The number of ether oxygens (including phenoxy) is 1. The summed E-state index contributed by atoms with van der Waals surface area (Å²) >= 11 is 11.7. The summed E-state index contributed by atoms with van der Waals surface area (Å²) in [5.74, 6) is -1.10. The van der Waals surface area contributed by atoms with Crippen molar-refractivity contribution in [3.05, 3.63) is 23.8 Å². The van der Waals surface area contributed by atoms with Crippen molar-refractivity contribution in [3.8, 4) is 0 Å². The molecule has 1 aliphatic carbocycles. The van der Waals surface area contributed by atoms with E-state index in [9.17, 15) is 18.0 Å². The van der Waals surface area contributed by atoms with Gasteiger partial charge < -0.3 is 15.0 Å². The lowest BCUT2D eigenvalue weighted by Gasteiger charge is -2.31. The zero-order chi connectivity index (χ0) is 17.5. The highest BCUT2D eigenvalue weighted by molar-refractivity contribution is 6.52. The molecule has 1 atom stereocenters. The molecule has 4 nitrogen and oxygen atoms in total. The SMILES string of the molecule is O=C(Nc1cc(C(F)(F)F)ccc1N1CCOCC1)[C@H]1CC1(Cl)Cl. The maximum atomic E-state index is 13.0. The molecule has 1 amide bonds. The number of carbonyl (C=O) groups is 1. The first-order valence-corrected chi connectivity index (χ1v) is 8.17. The van der Waals surface area contributed by atoms with Gasteiger partial charge >= 0.3 is 6.18 Å². The molecule has 1 saturated carbocycles. The minimum Gasteiger partial charge on any atom is -0.378 e. The molecule has 2 aliphatic rings. The van der Waals surface area contributed by atoms with E-state index in [2.05, 4.69) is 5.32 Å². The van der Waals surface area contributed by atoms with Crippen LogP contribution in [0, 0.1) is 5.92 Å². The van der Waals surface area contributed by atoms with Crippen LogP contribution >= 0.6 is 23.2 Å². The van der Waals surface area contributed by atoms with Gasteiger partial charge in [-0.15, -0.1) is 23.2 Å². The van der Waals surface area contributed by atoms with Crippen molar-refractivity contribution < 1.29 is 22.7 Å².